The van der Waals surface area contributed by atoms with Crippen LogP contribution in [-0.2, 0) is 16.3 Å². The summed E-state index contributed by atoms with van der Waals surface area (Å²) < 4.78 is 24.0. The lowest BCUT2D eigenvalue weighted by atomic mass is 10.3. The zero-order valence-electron chi connectivity index (χ0n) is 9.57. The van der Waals surface area contributed by atoms with Crippen molar-refractivity contribution in [2.75, 3.05) is 5.88 Å². The predicted molar refractivity (Wildman–Crippen MR) is 63.5 cm³/mol. The third kappa shape index (κ3) is 2.71. The molecule has 0 aromatic carbocycles. The van der Waals surface area contributed by atoms with E-state index in [4.69, 9.17) is 11.6 Å². The summed E-state index contributed by atoms with van der Waals surface area (Å²) in [6, 6.07) is 1.52. The molecule has 0 spiro atoms. The maximum Gasteiger partial charge on any atom is 0.199 e. The number of hydrogen-bond donors (Lipinski definition) is 0. The van der Waals surface area contributed by atoms with Crippen LogP contribution in [0.1, 0.15) is 25.4 Å². The maximum atomic E-state index is 12.0. The minimum absolute atomic E-state index is 0.0623. The van der Waals surface area contributed by atoms with Crippen LogP contribution >= 0.6 is 11.6 Å². The lowest BCUT2D eigenvalue weighted by Crippen LogP contribution is -2.21. The van der Waals surface area contributed by atoms with Gasteiger partial charge in [0.2, 0.25) is 0 Å². The minimum Gasteiger partial charge on any atom is -0.238 e. The number of halogens is 1. The first kappa shape index (κ1) is 13.4. The van der Waals surface area contributed by atoms with Gasteiger partial charge in [-0.15, -0.1) is 11.6 Å². The van der Waals surface area contributed by atoms with Crippen molar-refractivity contribution in [1.82, 2.24) is 9.97 Å². The summed E-state index contributed by atoms with van der Waals surface area (Å²) in [6.07, 6.45) is 0.682. The van der Waals surface area contributed by atoms with Gasteiger partial charge < -0.3 is 0 Å². The topological polar surface area (TPSA) is 59.9 Å². The predicted octanol–water partition coefficient (Wildman–Crippen LogP) is 1.75. The van der Waals surface area contributed by atoms with Crippen molar-refractivity contribution in [2.45, 2.75) is 37.5 Å². The van der Waals surface area contributed by atoms with Crippen LogP contribution in [0.2, 0.25) is 0 Å². The Kier molecular flexibility index (Phi) is 4.27. The molecule has 1 aromatic heterocycles. The summed E-state index contributed by atoms with van der Waals surface area (Å²) in [5, 5.41) is -0.557. The molecule has 0 aliphatic heterocycles. The number of alkyl halides is 1. The molecule has 1 unspecified atom stereocenters. The monoisotopic (exact) mass is 262 g/mol. The van der Waals surface area contributed by atoms with Gasteiger partial charge in [0.15, 0.2) is 14.9 Å². The van der Waals surface area contributed by atoms with E-state index >= 15 is 0 Å². The molecule has 0 radical (unpaired) electrons. The van der Waals surface area contributed by atoms with Crippen molar-refractivity contribution in [3.63, 3.8) is 0 Å². The second-order valence-electron chi connectivity index (χ2n) is 3.61. The lowest BCUT2D eigenvalue weighted by molar-refractivity contribution is 0.582. The van der Waals surface area contributed by atoms with Crippen LogP contribution in [-0.4, -0.2) is 29.5 Å². The quantitative estimate of drug-likeness (QED) is 0.613. The number of nitrogens with zero attached hydrogens (tertiary/aromatic N) is 2. The van der Waals surface area contributed by atoms with Crippen molar-refractivity contribution in [3.05, 3.63) is 17.6 Å². The van der Waals surface area contributed by atoms with E-state index < -0.39 is 15.1 Å². The fourth-order valence-electron chi connectivity index (χ4n) is 1.22. The van der Waals surface area contributed by atoms with Gasteiger partial charge in [-0.3, -0.25) is 0 Å². The Bertz CT molecular complexity index is 474. The Balaban J connectivity index is 3.28. The smallest absolute Gasteiger partial charge is 0.199 e. The van der Waals surface area contributed by atoms with Gasteiger partial charge in [-0.05, 0) is 26.3 Å². The Labute approximate surface area is 101 Å². The molecule has 90 valence electrons. The largest absolute Gasteiger partial charge is 0.238 e. The van der Waals surface area contributed by atoms with Crippen LogP contribution in [0.15, 0.2) is 11.1 Å². The maximum absolute atomic E-state index is 12.0. The lowest BCUT2D eigenvalue weighted by Gasteiger charge is -2.10. The standard InChI is InChI=1S/C10H15ClN2O2S/c1-4-9-5-10(13-8(3)12-9)16(14,15)7(2)6-11/h5,7H,4,6H2,1-3H3. The summed E-state index contributed by atoms with van der Waals surface area (Å²) in [6.45, 7) is 5.18. The molecule has 0 saturated heterocycles. The molecular formula is C10H15ClN2O2S. The van der Waals surface area contributed by atoms with E-state index in [9.17, 15) is 8.42 Å². The van der Waals surface area contributed by atoms with Crippen LogP contribution in [0.4, 0.5) is 0 Å². The van der Waals surface area contributed by atoms with E-state index in [0.717, 1.165) is 5.69 Å². The number of sulfone groups is 1. The third-order valence-electron chi connectivity index (χ3n) is 2.27. The van der Waals surface area contributed by atoms with Crippen molar-refractivity contribution in [2.24, 2.45) is 0 Å². The van der Waals surface area contributed by atoms with Crippen molar-refractivity contribution < 1.29 is 8.42 Å². The Morgan fingerprint density at radius 1 is 1.44 bits per heavy atom. The molecule has 0 bridgehead atoms. The number of aryl methyl sites for hydroxylation is 2. The van der Waals surface area contributed by atoms with Gasteiger partial charge in [-0.25, -0.2) is 18.4 Å². The van der Waals surface area contributed by atoms with Gasteiger partial charge in [-0.2, -0.15) is 0 Å². The highest BCUT2D eigenvalue weighted by Gasteiger charge is 2.24. The second kappa shape index (κ2) is 5.10. The van der Waals surface area contributed by atoms with E-state index in [1.807, 2.05) is 6.92 Å². The Morgan fingerprint density at radius 3 is 2.56 bits per heavy atom. The average Bonchev–Trinajstić information content (AvgIpc) is 2.26. The van der Waals surface area contributed by atoms with Crippen molar-refractivity contribution in [3.8, 4) is 0 Å². The molecule has 6 heteroatoms. The van der Waals surface area contributed by atoms with Gasteiger partial charge in [0.1, 0.15) is 5.82 Å². The molecule has 0 aliphatic rings. The van der Waals surface area contributed by atoms with Crippen LogP contribution in [0.5, 0.6) is 0 Å². The minimum atomic E-state index is -3.43. The van der Waals surface area contributed by atoms with E-state index in [1.165, 1.54) is 6.07 Å². The SMILES string of the molecule is CCc1cc(S(=O)(=O)C(C)CCl)nc(C)n1. The van der Waals surface area contributed by atoms with Crippen molar-refractivity contribution in [1.29, 1.82) is 0 Å². The third-order valence-corrected chi connectivity index (χ3v) is 4.93. The highest BCUT2D eigenvalue weighted by Crippen LogP contribution is 2.16. The molecule has 0 fully saturated rings. The van der Waals surface area contributed by atoms with Crippen LogP contribution < -0.4 is 0 Å². The summed E-state index contributed by atoms with van der Waals surface area (Å²) >= 11 is 5.58. The Morgan fingerprint density at radius 2 is 2.06 bits per heavy atom. The van der Waals surface area contributed by atoms with Crippen LogP contribution in [0.25, 0.3) is 0 Å². The zero-order valence-corrected chi connectivity index (χ0v) is 11.1. The number of rotatable bonds is 4. The van der Waals surface area contributed by atoms with E-state index in [2.05, 4.69) is 9.97 Å². The highest BCUT2D eigenvalue weighted by atomic mass is 35.5. The molecule has 1 heterocycles. The molecule has 16 heavy (non-hydrogen) atoms. The second-order valence-corrected chi connectivity index (χ2v) is 6.23. The van der Waals surface area contributed by atoms with Gasteiger partial charge in [0.25, 0.3) is 0 Å². The number of aromatic nitrogens is 2. The molecule has 1 rings (SSSR count). The molecule has 1 aromatic rings. The van der Waals surface area contributed by atoms with Gasteiger partial charge in [-0.1, -0.05) is 6.92 Å². The summed E-state index contributed by atoms with van der Waals surface area (Å²) in [5.74, 6) is 0.534. The van der Waals surface area contributed by atoms with Gasteiger partial charge >= 0.3 is 0 Å². The fraction of sp³-hybridized carbons (Fsp3) is 0.600. The van der Waals surface area contributed by atoms with Crippen molar-refractivity contribution >= 4 is 21.4 Å². The van der Waals surface area contributed by atoms with Gasteiger partial charge in [0.05, 0.1) is 5.25 Å². The fourth-order valence-corrected chi connectivity index (χ4v) is 2.85. The first-order valence-corrected chi connectivity index (χ1v) is 7.14. The van der Waals surface area contributed by atoms with Gasteiger partial charge in [0, 0.05) is 11.6 Å². The highest BCUT2D eigenvalue weighted by molar-refractivity contribution is 7.92. The van der Waals surface area contributed by atoms with E-state index in [0.29, 0.717) is 12.2 Å². The normalized spacial score (nSPS) is 13.8. The average molecular weight is 263 g/mol. The van der Waals surface area contributed by atoms with E-state index in [-0.39, 0.29) is 10.9 Å². The Hall–Kier alpha value is -0.680. The first-order chi connectivity index (χ1) is 7.41. The molecule has 0 aliphatic carbocycles. The van der Waals surface area contributed by atoms with E-state index in [1.54, 1.807) is 13.8 Å². The summed E-state index contributed by atoms with van der Waals surface area (Å²) in [7, 11) is -3.43. The number of hydrogen-bond acceptors (Lipinski definition) is 4. The van der Waals surface area contributed by atoms with Crippen LogP contribution in [0.3, 0.4) is 0 Å². The van der Waals surface area contributed by atoms with Crippen LogP contribution in [0, 0.1) is 6.92 Å². The molecular weight excluding hydrogens is 248 g/mol. The summed E-state index contributed by atoms with van der Waals surface area (Å²) in [5.41, 5.74) is 0.729. The zero-order chi connectivity index (χ0) is 12.3. The summed E-state index contributed by atoms with van der Waals surface area (Å²) in [4.78, 5) is 8.11. The molecule has 0 amide bonds. The molecule has 1 atom stereocenters. The molecule has 0 saturated carbocycles. The first-order valence-electron chi connectivity index (χ1n) is 5.06. The molecule has 4 nitrogen and oxygen atoms in total. The molecule has 0 N–H and O–H groups in total.